The molecule has 2 N–H and O–H groups in total. The molecule has 0 aliphatic carbocycles. The van der Waals surface area contributed by atoms with Gasteiger partial charge < -0.3 is 15.4 Å². The Bertz CT molecular complexity index is 377. The molecule has 0 saturated heterocycles. The van der Waals surface area contributed by atoms with Crippen molar-refractivity contribution in [1.82, 2.24) is 0 Å². The lowest BCUT2D eigenvalue weighted by Crippen LogP contribution is -2.30. The molecule has 1 aromatic rings. The Morgan fingerprint density at radius 3 is 2.50 bits per heavy atom. The number of hydrogen-bond acceptors (Lipinski definition) is 3. The van der Waals surface area contributed by atoms with Crippen LogP contribution in [0.15, 0.2) is 18.2 Å². The molecule has 0 saturated carbocycles. The number of hydrogen-bond donors (Lipinski definition) is 1. The van der Waals surface area contributed by atoms with Crippen molar-refractivity contribution in [2.45, 2.75) is 45.7 Å². The normalized spacial score (nSPS) is 14.1. The van der Waals surface area contributed by atoms with Crippen molar-refractivity contribution in [3.63, 3.8) is 0 Å². The molecule has 0 spiro atoms. The van der Waals surface area contributed by atoms with E-state index in [0.29, 0.717) is 6.04 Å². The predicted octanol–water partition coefficient (Wildman–Crippen LogP) is 3.34. The third-order valence-corrected chi connectivity index (χ3v) is 3.47. The van der Waals surface area contributed by atoms with Crippen molar-refractivity contribution >= 4 is 5.69 Å². The maximum Gasteiger partial charge on any atom is 0.125 e. The Balaban J connectivity index is 3.14. The van der Waals surface area contributed by atoms with Crippen LogP contribution in [-0.4, -0.2) is 20.2 Å². The Labute approximate surface area is 111 Å². The van der Waals surface area contributed by atoms with Gasteiger partial charge >= 0.3 is 0 Å². The van der Waals surface area contributed by atoms with Crippen LogP contribution in [0, 0.1) is 0 Å². The van der Waals surface area contributed by atoms with Gasteiger partial charge in [0.2, 0.25) is 0 Å². The third-order valence-electron chi connectivity index (χ3n) is 3.47. The number of rotatable bonds is 6. The van der Waals surface area contributed by atoms with E-state index in [9.17, 15) is 0 Å². The fourth-order valence-electron chi connectivity index (χ4n) is 2.32. The van der Waals surface area contributed by atoms with E-state index >= 15 is 0 Å². The summed E-state index contributed by atoms with van der Waals surface area (Å²) in [6, 6.07) is 6.58. The number of nitrogens with zero attached hydrogens (tertiary/aromatic N) is 1. The van der Waals surface area contributed by atoms with Crippen LogP contribution >= 0.6 is 0 Å². The number of methoxy groups -OCH3 is 1. The lowest BCUT2D eigenvalue weighted by atomic mass is 10.0. The van der Waals surface area contributed by atoms with E-state index in [-0.39, 0.29) is 6.04 Å². The molecule has 18 heavy (non-hydrogen) atoms. The number of benzene rings is 1. The van der Waals surface area contributed by atoms with Gasteiger partial charge in [-0.05, 0) is 32.4 Å². The minimum atomic E-state index is -0.0348. The number of nitrogens with two attached hydrogens (primary N) is 1. The van der Waals surface area contributed by atoms with E-state index in [1.165, 1.54) is 18.5 Å². The van der Waals surface area contributed by atoms with Crippen LogP contribution in [0.25, 0.3) is 0 Å². The zero-order valence-electron chi connectivity index (χ0n) is 12.2. The molecule has 0 heterocycles. The highest BCUT2D eigenvalue weighted by Gasteiger charge is 2.18. The van der Waals surface area contributed by atoms with E-state index in [1.807, 2.05) is 19.1 Å². The molecule has 2 atom stereocenters. The summed E-state index contributed by atoms with van der Waals surface area (Å²) in [4.78, 5) is 2.30. The lowest BCUT2D eigenvalue weighted by Gasteiger charge is -2.30. The van der Waals surface area contributed by atoms with Crippen LogP contribution in [0.4, 0.5) is 5.69 Å². The van der Waals surface area contributed by atoms with Gasteiger partial charge in [0, 0.05) is 30.4 Å². The maximum atomic E-state index is 6.10. The molecule has 0 amide bonds. The average Bonchev–Trinajstić information content (AvgIpc) is 2.36. The van der Waals surface area contributed by atoms with E-state index < -0.39 is 0 Å². The molecule has 1 rings (SSSR count). The first-order valence-corrected chi connectivity index (χ1v) is 6.68. The molecule has 3 heteroatoms. The molecular weight excluding hydrogens is 224 g/mol. The first-order valence-electron chi connectivity index (χ1n) is 6.68. The quantitative estimate of drug-likeness (QED) is 0.841. The second-order valence-electron chi connectivity index (χ2n) is 4.93. The Hall–Kier alpha value is -1.22. The van der Waals surface area contributed by atoms with Crippen LogP contribution in [0.5, 0.6) is 5.75 Å². The van der Waals surface area contributed by atoms with Crippen molar-refractivity contribution in [3.8, 4) is 5.75 Å². The largest absolute Gasteiger partial charge is 0.496 e. The topological polar surface area (TPSA) is 38.5 Å². The van der Waals surface area contributed by atoms with Crippen LogP contribution in [0.3, 0.4) is 0 Å². The zero-order valence-corrected chi connectivity index (χ0v) is 12.2. The fourth-order valence-corrected chi connectivity index (χ4v) is 2.32. The molecule has 102 valence electrons. The van der Waals surface area contributed by atoms with Gasteiger partial charge in [-0.1, -0.05) is 19.4 Å². The SMILES string of the molecule is CCCC(C)N(C)c1cccc(OC)c1C(C)N. The van der Waals surface area contributed by atoms with Gasteiger partial charge in [0.15, 0.2) is 0 Å². The fraction of sp³-hybridized carbons (Fsp3) is 0.600. The van der Waals surface area contributed by atoms with E-state index in [4.69, 9.17) is 10.5 Å². The summed E-state index contributed by atoms with van der Waals surface area (Å²) >= 11 is 0. The van der Waals surface area contributed by atoms with Crippen molar-refractivity contribution in [3.05, 3.63) is 23.8 Å². The van der Waals surface area contributed by atoms with Gasteiger partial charge in [0.25, 0.3) is 0 Å². The standard InChI is InChI=1S/C15H26N2O/c1-6-8-11(2)17(4)13-9-7-10-14(18-5)15(13)12(3)16/h7,9-12H,6,8,16H2,1-5H3. The zero-order chi connectivity index (χ0) is 13.7. The second kappa shape index (κ2) is 6.64. The van der Waals surface area contributed by atoms with Gasteiger partial charge in [-0.25, -0.2) is 0 Å². The summed E-state index contributed by atoms with van der Waals surface area (Å²) in [6.45, 7) is 6.45. The lowest BCUT2D eigenvalue weighted by molar-refractivity contribution is 0.406. The predicted molar refractivity (Wildman–Crippen MR) is 78.4 cm³/mol. The Morgan fingerprint density at radius 2 is 2.00 bits per heavy atom. The molecule has 0 aliphatic heterocycles. The van der Waals surface area contributed by atoms with Gasteiger partial charge in [0.1, 0.15) is 5.75 Å². The summed E-state index contributed by atoms with van der Waals surface area (Å²) in [5.74, 6) is 0.873. The van der Waals surface area contributed by atoms with E-state index in [0.717, 1.165) is 11.3 Å². The van der Waals surface area contributed by atoms with Crippen molar-refractivity contribution in [2.24, 2.45) is 5.73 Å². The van der Waals surface area contributed by atoms with Gasteiger partial charge in [0.05, 0.1) is 7.11 Å². The van der Waals surface area contributed by atoms with Crippen molar-refractivity contribution < 1.29 is 4.74 Å². The molecular formula is C15H26N2O. The number of ether oxygens (including phenoxy) is 1. The van der Waals surface area contributed by atoms with Crippen LogP contribution in [0.2, 0.25) is 0 Å². The highest BCUT2D eigenvalue weighted by molar-refractivity contribution is 5.60. The first kappa shape index (κ1) is 14.8. The molecule has 0 radical (unpaired) electrons. The van der Waals surface area contributed by atoms with Crippen LogP contribution in [-0.2, 0) is 0 Å². The summed E-state index contributed by atoms with van der Waals surface area (Å²) in [6.07, 6.45) is 2.36. The second-order valence-corrected chi connectivity index (χ2v) is 4.93. The molecule has 0 fully saturated rings. The molecule has 0 bridgehead atoms. The average molecular weight is 250 g/mol. The minimum absolute atomic E-state index is 0.0348. The van der Waals surface area contributed by atoms with Crippen LogP contribution in [0.1, 0.15) is 45.2 Å². The molecule has 2 unspecified atom stereocenters. The number of anilines is 1. The Morgan fingerprint density at radius 1 is 1.33 bits per heavy atom. The summed E-state index contributed by atoms with van der Waals surface area (Å²) < 4.78 is 5.43. The van der Waals surface area contributed by atoms with Crippen LogP contribution < -0.4 is 15.4 Å². The van der Waals surface area contributed by atoms with Gasteiger partial charge in [-0.2, -0.15) is 0 Å². The minimum Gasteiger partial charge on any atom is -0.496 e. The summed E-state index contributed by atoms with van der Waals surface area (Å²) in [7, 11) is 3.82. The van der Waals surface area contributed by atoms with E-state index in [2.05, 4.69) is 31.9 Å². The van der Waals surface area contributed by atoms with Gasteiger partial charge in [-0.3, -0.25) is 0 Å². The maximum absolute atomic E-state index is 6.10. The molecule has 0 aliphatic rings. The monoisotopic (exact) mass is 250 g/mol. The highest BCUT2D eigenvalue weighted by atomic mass is 16.5. The molecule has 0 aromatic heterocycles. The van der Waals surface area contributed by atoms with Crippen molar-refractivity contribution in [2.75, 3.05) is 19.1 Å². The van der Waals surface area contributed by atoms with E-state index in [1.54, 1.807) is 7.11 Å². The smallest absolute Gasteiger partial charge is 0.125 e. The third kappa shape index (κ3) is 3.16. The Kier molecular flexibility index (Phi) is 5.48. The van der Waals surface area contributed by atoms with Gasteiger partial charge in [-0.15, -0.1) is 0 Å². The van der Waals surface area contributed by atoms with Crippen molar-refractivity contribution in [1.29, 1.82) is 0 Å². The molecule has 1 aromatic carbocycles. The summed E-state index contributed by atoms with van der Waals surface area (Å²) in [5, 5.41) is 0. The first-order chi connectivity index (χ1) is 8.52. The molecule has 3 nitrogen and oxygen atoms in total. The summed E-state index contributed by atoms with van der Waals surface area (Å²) in [5.41, 5.74) is 8.36. The highest BCUT2D eigenvalue weighted by Crippen LogP contribution is 2.34.